The molecular weight excluding hydrogens is 264 g/mol. The van der Waals surface area contributed by atoms with Crippen molar-refractivity contribution in [3.63, 3.8) is 0 Å². The standard InChI is InChI=1S/C8H7BrN4O2/c1-15-8(14)5-6(10)13-7-4(12-5)3(9)2-11-7/h2H,1H3,(H3,10,11,13). The Bertz CT molecular complexity index is 537. The van der Waals surface area contributed by atoms with Crippen LogP contribution in [-0.4, -0.2) is 28.0 Å². The van der Waals surface area contributed by atoms with Crippen LogP contribution in [0.5, 0.6) is 0 Å². The van der Waals surface area contributed by atoms with Crippen molar-refractivity contribution in [2.24, 2.45) is 0 Å². The van der Waals surface area contributed by atoms with E-state index in [1.54, 1.807) is 6.20 Å². The molecule has 0 amide bonds. The molecule has 78 valence electrons. The molecule has 15 heavy (non-hydrogen) atoms. The van der Waals surface area contributed by atoms with Gasteiger partial charge in [0.1, 0.15) is 5.52 Å². The molecule has 2 heterocycles. The first-order valence-corrected chi connectivity index (χ1v) is 4.81. The third kappa shape index (κ3) is 1.54. The number of esters is 1. The summed E-state index contributed by atoms with van der Waals surface area (Å²) < 4.78 is 5.25. The molecule has 2 aromatic heterocycles. The summed E-state index contributed by atoms with van der Waals surface area (Å²) in [6.45, 7) is 0. The number of fused-ring (bicyclic) bond motifs is 1. The van der Waals surface area contributed by atoms with Crippen LogP contribution in [0.4, 0.5) is 5.82 Å². The predicted molar refractivity (Wildman–Crippen MR) is 57.3 cm³/mol. The lowest BCUT2D eigenvalue weighted by atomic mass is 10.4. The monoisotopic (exact) mass is 270 g/mol. The van der Waals surface area contributed by atoms with Gasteiger partial charge in [0.05, 0.1) is 11.6 Å². The number of anilines is 1. The lowest BCUT2D eigenvalue weighted by molar-refractivity contribution is 0.0595. The summed E-state index contributed by atoms with van der Waals surface area (Å²) in [7, 11) is 1.26. The van der Waals surface area contributed by atoms with Gasteiger partial charge in [-0.15, -0.1) is 0 Å². The Morgan fingerprint density at radius 1 is 1.60 bits per heavy atom. The minimum atomic E-state index is -0.602. The topological polar surface area (TPSA) is 93.9 Å². The highest BCUT2D eigenvalue weighted by Crippen LogP contribution is 2.22. The number of nitrogen functional groups attached to an aromatic ring is 1. The van der Waals surface area contributed by atoms with E-state index in [4.69, 9.17) is 5.73 Å². The maximum Gasteiger partial charge on any atom is 0.360 e. The van der Waals surface area contributed by atoms with Crippen molar-refractivity contribution in [1.29, 1.82) is 0 Å². The van der Waals surface area contributed by atoms with Crippen molar-refractivity contribution in [3.8, 4) is 0 Å². The van der Waals surface area contributed by atoms with Gasteiger partial charge >= 0.3 is 5.97 Å². The van der Waals surface area contributed by atoms with E-state index in [1.807, 2.05) is 0 Å². The maximum atomic E-state index is 11.3. The van der Waals surface area contributed by atoms with Crippen LogP contribution in [0.3, 0.4) is 0 Å². The molecule has 7 heteroatoms. The number of hydrogen-bond donors (Lipinski definition) is 2. The second-order valence-electron chi connectivity index (χ2n) is 2.78. The zero-order valence-electron chi connectivity index (χ0n) is 7.74. The van der Waals surface area contributed by atoms with Crippen molar-refractivity contribution in [3.05, 3.63) is 16.4 Å². The molecule has 0 saturated carbocycles. The Labute approximate surface area is 93.0 Å². The Balaban J connectivity index is 2.70. The number of halogens is 1. The molecular formula is C8H7BrN4O2. The second kappa shape index (κ2) is 3.50. The van der Waals surface area contributed by atoms with Crippen molar-refractivity contribution in [1.82, 2.24) is 15.0 Å². The van der Waals surface area contributed by atoms with E-state index >= 15 is 0 Å². The van der Waals surface area contributed by atoms with Gasteiger partial charge in [-0.2, -0.15) is 0 Å². The Hall–Kier alpha value is -1.63. The van der Waals surface area contributed by atoms with Crippen LogP contribution in [0.15, 0.2) is 10.7 Å². The van der Waals surface area contributed by atoms with Crippen LogP contribution in [0.25, 0.3) is 11.2 Å². The minimum Gasteiger partial charge on any atom is -0.464 e. The van der Waals surface area contributed by atoms with Crippen LogP contribution in [0.1, 0.15) is 10.5 Å². The number of aromatic nitrogens is 3. The Morgan fingerprint density at radius 2 is 2.33 bits per heavy atom. The average molecular weight is 271 g/mol. The number of H-pyrrole nitrogens is 1. The molecule has 0 spiro atoms. The number of carbonyl (C=O) groups is 1. The van der Waals surface area contributed by atoms with Gasteiger partial charge in [-0.3, -0.25) is 0 Å². The smallest absolute Gasteiger partial charge is 0.360 e. The van der Waals surface area contributed by atoms with E-state index in [2.05, 4.69) is 35.6 Å². The van der Waals surface area contributed by atoms with Crippen LogP contribution >= 0.6 is 15.9 Å². The highest BCUT2D eigenvalue weighted by molar-refractivity contribution is 9.10. The number of nitrogens with one attached hydrogen (secondary N) is 1. The van der Waals surface area contributed by atoms with Crippen LogP contribution in [-0.2, 0) is 4.74 Å². The van der Waals surface area contributed by atoms with Crippen LogP contribution < -0.4 is 5.73 Å². The molecule has 6 nitrogen and oxygen atoms in total. The molecule has 0 saturated heterocycles. The molecule has 0 aliphatic heterocycles. The Kier molecular flexibility index (Phi) is 2.31. The molecule has 3 N–H and O–H groups in total. The zero-order valence-corrected chi connectivity index (χ0v) is 9.33. The third-order valence-electron chi connectivity index (χ3n) is 1.86. The van der Waals surface area contributed by atoms with E-state index in [0.29, 0.717) is 11.2 Å². The summed E-state index contributed by atoms with van der Waals surface area (Å²) in [5.41, 5.74) is 6.65. The quantitative estimate of drug-likeness (QED) is 0.757. The number of rotatable bonds is 1. The highest BCUT2D eigenvalue weighted by atomic mass is 79.9. The summed E-state index contributed by atoms with van der Waals surface area (Å²) in [5, 5.41) is 0. The van der Waals surface area contributed by atoms with Gasteiger partial charge < -0.3 is 15.5 Å². The fraction of sp³-hybridized carbons (Fsp3) is 0.125. The van der Waals surface area contributed by atoms with Gasteiger partial charge in [-0.1, -0.05) is 0 Å². The first kappa shape index (κ1) is 9.91. The molecule has 0 aliphatic rings. The lowest BCUT2D eigenvalue weighted by Gasteiger charge is -2.01. The molecule has 0 aromatic carbocycles. The highest BCUT2D eigenvalue weighted by Gasteiger charge is 2.16. The fourth-order valence-electron chi connectivity index (χ4n) is 1.16. The fourth-order valence-corrected chi connectivity index (χ4v) is 1.55. The second-order valence-corrected chi connectivity index (χ2v) is 3.64. The summed E-state index contributed by atoms with van der Waals surface area (Å²) in [4.78, 5) is 22.2. The summed E-state index contributed by atoms with van der Waals surface area (Å²) in [6, 6.07) is 0. The van der Waals surface area contributed by atoms with Crippen molar-refractivity contribution >= 4 is 38.9 Å². The normalized spacial score (nSPS) is 10.5. The van der Waals surface area contributed by atoms with Gasteiger partial charge in [0.2, 0.25) is 0 Å². The molecule has 0 unspecified atom stereocenters. The zero-order chi connectivity index (χ0) is 11.0. The van der Waals surface area contributed by atoms with Gasteiger partial charge in [-0.05, 0) is 15.9 Å². The molecule has 0 aliphatic carbocycles. The first-order valence-electron chi connectivity index (χ1n) is 4.02. The molecule has 0 radical (unpaired) electrons. The number of aromatic amines is 1. The minimum absolute atomic E-state index is 0.0188. The number of methoxy groups -OCH3 is 1. The largest absolute Gasteiger partial charge is 0.464 e. The molecule has 0 atom stereocenters. The van der Waals surface area contributed by atoms with Crippen LogP contribution in [0, 0.1) is 0 Å². The van der Waals surface area contributed by atoms with Gasteiger partial charge in [0.15, 0.2) is 17.2 Å². The maximum absolute atomic E-state index is 11.3. The van der Waals surface area contributed by atoms with Gasteiger partial charge in [0.25, 0.3) is 0 Å². The summed E-state index contributed by atoms with van der Waals surface area (Å²) in [6.07, 6.45) is 1.67. The van der Waals surface area contributed by atoms with Crippen molar-refractivity contribution < 1.29 is 9.53 Å². The van der Waals surface area contributed by atoms with E-state index in [0.717, 1.165) is 4.47 Å². The molecule has 0 bridgehead atoms. The number of ether oxygens (including phenoxy) is 1. The van der Waals surface area contributed by atoms with E-state index in [-0.39, 0.29) is 11.5 Å². The number of nitrogens with zero attached hydrogens (tertiary/aromatic N) is 2. The number of nitrogens with two attached hydrogens (primary N) is 1. The molecule has 2 rings (SSSR count). The van der Waals surface area contributed by atoms with Crippen LogP contribution in [0.2, 0.25) is 0 Å². The SMILES string of the molecule is COC(=O)c1nc2c(Br)c[nH]c2nc1N. The van der Waals surface area contributed by atoms with Crippen molar-refractivity contribution in [2.75, 3.05) is 12.8 Å². The summed E-state index contributed by atoms with van der Waals surface area (Å²) in [5.74, 6) is -0.557. The number of carbonyl (C=O) groups excluding carboxylic acids is 1. The summed E-state index contributed by atoms with van der Waals surface area (Å²) >= 11 is 3.27. The first-order chi connectivity index (χ1) is 7.13. The molecule has 0 fully saturated rings. The Morgan fingerprint density at radius 3 is 3.00 bits per heavy atom. The third-order valence-corrected chi connectivity index (χ3v) is 2.47. The number of hydrogen-bond acceptors (Lipinski definition) is 5. The molecule has 2 aromatic rings. The van der Waals surface area contributed by atoms with Gasteiger partial charge in [0, 0.05) is 6.20 Å². The van der Waals surface area contributed by atoms with E-state index < -0.39 is 5.97 Å². The lowest BCUT2D eigenvalue weighted by Crippen LogP contribution is -2.10. The van der Waals surface area contributed by atoms with E-state index in [9.17, 15) is 4.79 Å². The van der Waals surface area contributed by atoms with Crippen molar-refractivity contribution in [2.45, 2.75) is 0 Å². The predicted octanol–water partition coefficient (Wildman–Crippen LogP) is 1.09. The van der Waals surface area contributed by atoms with Gasteiger partial charge in [-0.25, -0.2) is 14.8 Å². The average Bonchev–Trinajstić information content (AvgIpc) is 2.58. The van der Waals surface area contributed by atoms with E-state index in [1.165, 1.54) is 7.11 Å².